The van der Waals surface area contributed by atoms with E-state index in [2.05, 4.69) is 9.72 Å². The minimum Gasteiger partial charge on any atom is -0.492 e. The standard InChI is InChI=1S/C14H12F3N3O4S/c1-13(7-19-6-11(20(21)22)18-12(19)25-13)8-23-9-2-4-10(5-3-9)24-14(15,16)17/h2-6H,7-8H2,1H3. The predicted molar refractivity (Wildman–Crippen MR) is 81.8 cm³/mol. The van der Waals surface area contributed by atoms with Crippen LogP contribution in [-0.4, -0.2) is 32.2 Å². The molecule has 1 aromatic heterocycles. The van der Waals surface area contributed by atoms with Crippen molar-refractivity contribution in [1.82, 2.24) is 9.55 Å². The molecule has 0 amide bonds. The van der Waals surface area contributed by atoms with Gasteiger partial charge < -0.3 is 19.6 Å². The molecule has 1 unspecified atom stereocenters. The van der Waals surface area contributed by atoms with Crippen LogP contribution in [0.5, 0.6) is 11.5 Å². The van der Waals surface area contributed by atoms with Gasteiger partial charge in [-0.3, -0.25) is 4.57 Å². The molecular formula is C14H12F3N3O4S. The Hall–Kier alpha value is -2.43. The number of nitrogens with zero attached hydrogens (tertiary/aromatic N) is 3. The van der Waals surface area contributed by atoms with Crippen LogP contribution in [-0.2, 0) is 6.54 Å². The fourth-order valence-corrected chi connectivity index (χ4v) is 3.47. The SMILES string of the molecule is CC1(COc2ccc(OC(F)(F)F)cc2)Cn2cc([N+](=O)[O-])nc2S1. The van der Waals surface area contributed by atoms with E-state index >= 15 is 0 Å². The number of nitro groups is 1. The Labute approximate surface area is 143 Å². The quantitative estimate of drug-likeness (QED) is 0.586. The van der Waals surface area contributed by atoms with Crippen LogP contribution in [0.4, 0.5) is 19.0 Å². The van der Waals surface area contributed by atoms with E-state index in [0.717, 1.165) is 0 Å². The van der Waals surface area contributed by atoms with Crippen molar-refractivity contribution < 1.29 is 27.6 Å². The minimum atomic E-state index is -4.74. The van der Waals surface area contributed by atoms with Gasteiger partial charge in [-0.25, -0.2) is 0 Å². The van der Waals surface area contributed by atoms with Gasteiger partial charge in [0.2, 0.25) is 0 Å². The van der Waals surface area contributed by atoms with Crippen molar-refractivity contribution in [3.05, 3.63) is 40.6 Å². The number of fused-ring (bicyclic) bond motifs is 1. The molecule has 134 valence electrons. The summed E-state index contributed by atoms with van der Waals surface area (Å²) < 4.78 is 47.1. The monoisotopic (exact) mass is 375 g/mol. The molecule has 1 aromatic carbocycles. The van der Waals surface area contributed by atoms with Gasteiger partial charge in [0, 0.05) is 6.54 Å². The van der Waals surface area contributed by atoms with Gasteiger partial charge in [0.05, 0.1) is 4.75 Å². The fourth-order valence-electron chi connectivity index (χ4n) is 2.33. The summed E-state index contributed by atoms with van der Waals surface area (Å²) in [5.74, 6) is -0.133. The summed E-state index contributed by atoms with van der Waals surface area (Å²) in [6.07, 6.45) is -3.36. The number of imidazole rings is 1. The average molecular weight is 375 g/mol. The maximum atomic E-state index is 12.1. The Kier molecular flexibility index (Phi) is 4.27. The number of aromatic nitrogens is 2. The van der Waals surface area contributed by atoms with Crippen LogP contribution in [0.15, 0.2) is 35.6 Å². The molecule has 0 fully saturated rings. The van der Waals surface area contributed by atoms with E-state index in [4.69, 9.17) is 4.74 Å². The third-order valence-corrected chi connectivity index (χ3v) is 4.61. The summed E-state index contributed by atoms with van der Waals surface area (Å²) in [6, 6.07) is 5.10. The molecule has 25 heavy (non-hydrogen) atoms. The lowest BCUT2D eigenvalue weighted by Crippen LogP contribution is -2.29. The van der Waals surface area contributed by atoms with E-state index < -0.39 is 16.0 Å². The summed E-state index contributed by atoms with van der Waals surface area (Å²) in [5, 5.41) is 11.2. The third-order valence-electron chi connectivity index (χ3n) is 3.36. The first kappa shape index (κ1) is 17.4. The van der Waals surface area contributed by atoms with E-state index in [-0.39, 0.29) is 18.2 Å². The lowest BCUT2D eigenvalue weighted by atomic mass is 10.2. The molecule has 11 heteroatoms. The molecule has 2 heterocycles. The van der Waals surface area contributed by atoms with E-state index in [9.17, 15) is 23.3 Å². The molecule has 2 aromatic rings. The first-order chi connectivity index (χ1) is 11.6. The van der Waals surface area contributed by atoms with Gasteiger partial charge in [0.15, 0.2) is 0 Å². The summed E-state index contributed by atoms with van der Waals surface area (Å²) >= 11 is 1.36. The van der Waals surface area contributed by atoms with Crippen LogP contribution in [0, 0.1) is 10.1 Å². The molecule has 0 saturated carbocycles. The summed E-state index contributed by atoms with van der Waals surface area (Å²) in [6.45, 7) is 2.65. The summed E-state index contributed by atoms with van der Waals surface area (Å²) in [5.41, 5.74) is 0. The van der Waals surface area contributed by atoms with Gasteiger partial charge in [0.1, 0.15) is 24.3 Å². The Morgan fingerprint density at radius 2 is 2.00 bits per heavy atom. The molecule has 1 aliphatic heterocycles. The van der Waals surface area contributed by atoms with Gasteiger partial charge in [-0.15, -0.1) is 13.2 Å². The van der Waals surface area contributed by atoms with E-state index in [1.165, 1.54) is 42.2 Å². The van der Waals surface area contributed by atoms with Crippen LogP contribution in [0.1, 0.15) is 6.92 Å². The lowest BCUT2D eigenvalue weighted by molar-refractivity contribution is -0.389. The smallest absolute Gasteiger partial charge is 0.492 e. The topological polar surface area (TPSA) is 79.4 Å². The van der Waals surface area contributed by atoms with Crippen LogP contribution < -0.4 is 9.47 Å². The van der Waals surface area contributed by atoms with Crippen molar-refractivity contribution in [2.75, 3.05) is 6.61 Å². The highest BCUT2D eigenvalue weighted by atomic mass is 32.2. The lowest BCUT2D eigenvalue weighted by Gasteiger charge is -2.21. The Bertz CT molecular complexity index is 768. The molecule has 0 aliphatic carbocycles. The second-order valence-corrected chi connectivity index (χ2v) is 7.18. The van der Waals surface area contributed by atoms with E-state index in [1.54, 1.807) is 4.57 Å². The molecule has 0 bridgehead atoms. The molecule has 3 rings (SSSR count). The number of ether oxygens (including phenoxy) is 2. The van der Waals surface area contributed by atoms with Crippen LogP contribution >= 0.6 is 11.8 Å². The second-order valence-electron chi connectivity index (χ2n) is 5.63. The van der Waals surface area contributed by atoms with Crippen molar-refractivity contribution >= 4 is 17.6 Å². The number of hydrogen-bond acceptors (Lipinski definition) is 6. The zero-order valence-corrected chi connectivity index (χ0v) is 13.6. The number of benzene rings is 1. The highest BCUT2D eigenvalue weighted by Gasteiger charge is 2.40. The van der Waals surface area contributed by atoms with Gasteiger partial charge in [-0.05, 0) is 52.9 Å². The van der Waals surface area contributed by atoms with Crippen molar-refractivity contribution in [2.45, 2.75) is 29.7 Å². The van der Waals surface area contributed by atoms with Gasteiger partial charge in [0.25, 0.3) is 5.16 Å². The van der Waals surface area contributed by atoms with Crippen molar-refractivity contribution in [3.8, 4) is 11.5 Å². The Morgan fingerprint density at radius 3 is 2.56 bits per heavy atom. The Balaban J connectivity index is 1.58. The number of halogens is 3. The maximum absolute atomic E-state index is 12.1. The highest BCUT2D eigenvalue weighted by Crippen LogP contribution is 2.41. The number of hydrogen-bond donors (Lipinski definition) is 0. The zero-order valence-electron chi connectivity index (χ0n) is 12.8. The van der Waals surface area contributed by atoms with Crippen molar-refractivity contribution in [2.24, 2.45) is 0 Å². The maximum Gasteiger partial charge on any atom is 0.573 e. The molecule has 0 N–H and O–H groups in total. The van der Waals surface area contributed by atoms with Crippen LogP contribution in [0.2, 0.25) is 0 Å². The molecule has 0 spiro atoms. The molecule has 7 nitrogen and oxygen atoms in total. The number of thioether (sulfide) groups is 1. The molecule has 0 saturated heterocycles. The number of alkyl halides is 3. The summed E-state index contributed by atoms with van der Waals surface area (Å²) in [4.78, 5) is 14.1. The molecular weight excluding hydrogens is 363 g/mol. The first-order valence-corrected chi connectivity index (χ1v) is 7.84. The Morgan fingerprint density at radius 1 is 1.36 bits per heavy atom. The first-order valence-electron chi connectivity index (χ1n) is 7.03. The van der Waals surface area contributed by atoms with Gasteiger partial charge >= 0.3 is 12.2 Å². The van der Waals surface area contributed by atoms with Crippen LogP contribution in [0.3, 0.4) is 0 Å². The van der Waals surface area contributed by atoms with Crippen molar-refractivity contribution in [3.63, 3.8) is 0 Å². The van der Waals surface area contributed by atoms with Gasteiger partial charge in [-0.1, -0.05) is 0 Å². The second kappa shape index (κ2) is 6.14. The molecule has 1 atom stereocenters. The largest absolute Gasteiger partial charge is 0.573 e. The predicted octanol–water partition coefficient (Wildman–Crippen LogP) is 3.63. The molecule has 1 aliphatic rings. The zero-order chi connectivity index (χ0) is 18.2. The van der Waals surface area contributed by atoms with Crippen molar-refractivity contribution in [1.29, 1.82) is 0 Å². The normalized spacial score (nSPS) is 19.5. The van der Waals surface area contributed by atoms with Crippen LogP contribution in [0.25, 0.3) is 0 Å². The fraction of sp³-hybridized carbons (Fsp3) is 0.357. The summed E-state index contributed by atoms with van der Waals surface area (Å²) in [7, 11) is 0. The minimum absolute atomic E-state index is 0.203. The van der Waals surface area contributed by atoms with E-state index in [1.807, 2.05) is 6.92 Å². The third kappa shape index (κ3) is 4.16. The van der Waals surface area contributed by atoms with Gasteiger partial charge in [-0.2, -0.15) is 0 Å². The average Bonchev–Trinajstić information content (AvgIpc) is 3.00. The number of rotatable bonds is 5. The highest BCUT2D eigenvalue weighted by molar-refractivity contribution is 8.00. The molecule has 0 radical (unpaired) electrons. The van der Waals surface area contributed by atoms with E-state index in [0.29, 0.717) is 17.5 Å².